The molecule has 1 atom stereocenters. The molecule has 0 aliphatic heterocycles. The molecule has 1 unspecified atom stereocenters. The van der Waals surface area contributed by atoms with E-state index in [2.05, 4.69) is 5.73 Å². The maximum Gasteiger partial charge on any atom is 0.204 e. The van der Waals surface area contributed by atoms with Gasteiger partial charge in [-0.2, -0.15) is 0 Å². The molecule has 0 aromatic carbocycles. The highest BCUT2D eigenvalue weighted by atomic mass is 19.1. The van der Waals surface area contributed by atoms with Gasteiger partial charge in [-0.05, 0) is 0 Å². The molecule has 0 saturated carbocycles. The predicted molar refractivity (Wildman–Crippen MR) is 15.1 cm³/mol. The van der Waals surface area contributed by atoms with Crippen molar-refractivity contribution in [3.8, 4) is 0 Å². The second-order valence-electron chi connectivity index (χ2n) is 0.581. The Morgan fingerprint density at radius 1 is 2.00 bits per heavy atom. The molecule has 2 N–H and O–H groups in total. The number of halogens is 1. The first-order valence-electron chi connectivity index (χ1n) is 1.12. The molecule has 0 amide bonds. The SMILES string of the molecule is NC(F)C=O. The van der Waals surface area contributed by atoms with Crippen molar-refractivity contribution < 1.29 is 9.18 Å². The Labute approximate surface area is 28.8 Å². The molecular formula is C2H4FNO. The molecule has 0 heterocycles. The maximum atomic E-state index is 10.8. The van der Waals surface area contributed by atoms with Crippen molar-refractivity contribution in [1.82, 2.24) is 0 Å². The number of carbonyl (C=O) groups is 1. The summed E-state index contributed by atoms with van der Waals surface area (Å²) < 4.78 is 10.8. The Bertz CT molecular complexity index is 36.6. The monoisotopic (exact) mass is 77.0 g/mol. The highest BCUT2D eigenvalue weighted by molar-refractivity contribution is 5.54. The molecule has 0 aliphatic carbocycles. The minimum Gasteiger partial charge on any atom is -0.299 e. The molecule has 0 spiro atoms. The Hall–Kier alpha value is -0.440. The van der Waals surface area contributed by atoms with Crippen molar-refractivity contribution in [1.29, 1.82) is 0 Å². The lowest BCUT2D eigenvalue weighted by atomic mass is 10.7. The summed E-state index contributed by atoms with van der Waals surface area (Å²) in [6.45, 7) is 0. The van der Waals surface area contributed by atoms with Crippen LogP contribution in [0.5, 0.6) is 0 Å². The molecule has 0 bridgehead atoms. The summed E-state index contributed by atoms with van der Waals surface area (Å²) in [6.07, 6.45) is -1.77. The van der Waals surface area contributed by atoms with Gasteiger partial charge in [-0.25, -0.2) is 4.39 Å². The van der Waals surface area contributed by atoms with E-state index in [0.29, 0.717) is 0 Å². The maximum absolute atomic E-state index is 10.8. The van der Waals surface area contributed by atoms with Crippen LogP contribution in [0, 0.1) is 0 Å². The average Bonchev–Trinajstić information content (AvgIpc) is 1.38. The van der Waals surface area contributed by atoms with Gasteiger partial charge in [0.2, 0.25) is 6.30 Å². The zero-order valence-electron chi connectivity index (χ0n) is 2.52. The number of rotatable bonds is 1. The van der Waals surface area contributed by atoms with Gasteiger partial charge in [0.15, 0.2) is 6.29 Å². The van der Waals surface area contributed by atoms with Gasteiger partial charge in [0, 0.05) is 0 Å². The highest BCUT2D eigenvalue weighted by Crippen LogP contribution is 1.62. The van der Waals surface area contributed by atoms with E-state index in [0.717, 1.165) is 0 Å². The lowest BCUT2D eigenvalue weighted by Gasteiger charge is -1.76. The first-order valence-corrected chi connectivity index (χ1v) is 1.12. The topological polar surface area (TPSA) is 43.1 Å². The van der Waals surface area contributed by atoms with Crippen LogP contribution in [0.15, 0.2) is 0 Å². The average molecular weight is 77.1 g/mol. The van der Waals surface area contributed by atoms with E-state index in [-0.39, 0.29) is 6.29 Å². The summed E-state index contributed by atoms with van der Waals surface area (Å²) >= 11 is 0. The van der Waals surface area contributed by atoms with Crippen molar-refractivity contribution in [3.05, 3.63) is 0 Å². The molecule has 5 heavy (non-hydrogen) atoms. The van der Waals surface area contributed by atoms with E-state index < -0.39 is 6.30 Å². The van der Waals surface area contributed by atoms with Crippen molar-refractivity contribution in [3.63, 3.8) is 0 Å². The predicted octanol–water partition coefficient (Wildman–Crippen LogP) is -0.560. The third kappa shape index (κ3) is 3.56. The second-order valence-corrected chi connectivity index (χ2v) is 0.581. The molecule has 0 radical (unpaired) electrons. The first-order chi connectivity index (χ1) is 2.27. The zero-order chi connectivity index (χ0) is 4.28. The molecular weight excluding hydrogens is 73.0 g/mol. The van der Waals surface area contributed by atoms with Crippen molar-refractivity contribution in [2.75, 3.05) is 0 Å². The number of hydrogen-bond donors (Lipinski definition) is 1. The van der Waals surface area contributed by atoms with Gasteiger partial charge in [0.1, 0.15) is 0 Å². The lowest BCUT2D eigenvalue weighted by Crippen LogP contribution is -2.13. The van der Waals surface area contributed by atoms with Gasteiger partial charge >= 0.3 is 0 Å². The third-order valence-electron chi connectivity index (χ3n) is 0.130. The molecule has 0 rings (SSSR count). The number of alkyl halides is 1. The van der Waals surface area contributed by atoms with Crippen molar-refractivity contribution in [2.45, 2.75) is 6.30 Å². The van der Waals surface area contributed by atoms with Crippen LogP contribution in [0.3, 0.4) is 0 Å². The Kier molecular flexibility index (Phi) is 1.68. The van der Waals surface area contributed by atoms with Crippen LogP contribution in [0.1, 0.15) is 0 Å². The summed E-state index contributed by atoms with van der Waals surface area (Å²) in [6, 6.07) is 0. The quantitative estimate of drug-likeness (QED) is 0.336. The summed E-state index contributed by atoms with van der Waals surface area (Å²) in [7, 11) is 0. The van der Waals surface area contributed by atoms with E-state index in [4.69, 9.17) is 4.79 Å². The van der Waals surface area contributed by atoms with Crippen molar-refractivity contribution in [2.24, 2.45) is 5.73 Å². The summed E-state index contributed by atoms with van der Waals surface area (Å²) in [5.74, 6) is 0. The normalized spacial score (nSPS) is 14.0. The van der Waals surface area contributed by atoms with Crippen LogP contribution in [0.2, 0.25) is 0 Å². The number of aldehydes is 1. The fourth-order valence-corrected chi connectivity index (χ4v) is 0. The fraction of sp³-hybridized carbons (Fsp3) is 0.500. The minimum atomic E-state index is -1.80. The van der Waals surface area contributed by atoms with Crippen molar-refractivity contribution >= 4 is 6.29 Å². The molecule has 30 valence electrons. The molecule has 0 fully saturated rings. The van der Waals surface area contributed by atoms with Crippen LogP contribution in [-0.4, -0.2) is 12.6 Å². The number of hydrogen-bond acceptors (Lipinski definition) is 2. The van der Waals surface area contributed by atoms with E-state index >= 15 is 0 Å². The smallest absolute Gasteiger partial charge is 0.204 e. The molecule has 0 aromatic heterocycles. The van der Waals surface area contributed by atoms with Gasteiger partial charge in [0.05, 0.1) is 0 Å². The lowest BCUT2D eigenvalue weighted by molar-refractivity contribution is -0.111. The summed E-state index contributed by atoms with van der Waals surface area (Å²) in [4.78, 5) is 9.00. The Balaban J connectivity index is 2.83. The van der Waals surface area contributed by atoms with E-state index in [1.165, 1.54) is 0 Å². The molecule has 0 aliphatic rings. The summed E-state index contributed by atoms with van der Waals surface area (Å²) in [5, 5.41) is 0. The number of carbonyl (C=O) groups excluding carboxylic acids is 1. The minimum absolute atomic E-state index is 0.0278. The van der Waals surface area contributed by atoms with Gasteiger partial charge in [-0.1, -0.05) is 0 Å². The van der Waals surface area contributed by atoms with Crippen LogP contribution >= 0.6 is 0 Å². The largest absolute Gasteiger partial charge is 0.299 e. The van der Waals surface area contributed by atoms with Gasteiger partial charge in [-0.3, -0.25) is 10.5 Å². The fourth-order valence-electron chi connectivity index (χ4n) is 0. The Morgan fingerprint density at radius 2 is 2.20 bits per heavy atom. The summed E-state index contributed by atoms with van der Waals surface area (Å²) in [5.41, 5.74) is 4.26. The van der Waals surface area contributed by atoms with E-state index in [1.807, 2.05) is 0 Å². The molecule has 0 aromatic rings. The van der Waals surface area contributed by atoms with E-state index in [1.54, 1.807) is 0 Å². The van der Waals surface area contributed by atoms with Gasteiger partial charge in [-0.15, -0.1) is 0 Å². The van der Waals surface area contributed by atoms with Crippen LogP contribution in [-0.2, 0) is 4.79 Å². The molecule has 0 saturated heterocycles. The zero-order valence-corrected chi connectivity index (χ0v) is 2.52. The molecule has 2 nitrogen and oxygen atoms in total. The standard InChI is InChI=1S/C2H4FNO/c3-2(4)1-5/h1-2H,4H2. The van der Waals surface area contributed by atoms with Crippen LogP contribution < -0.4 is 5.73 Å². The van der Waals surface area contributed by atoms with Gasteiger partial charge < -0.3 is 0 Å². The molecule has 3 heteroatoms. The first kappa shape index (κ1) is 4.56. The van der Waals surface area contributed by atoms with Gasteiger partial charge in [0.25, 0.3) is 0 Å². The third-order valence-corrected chi connectivity index (χ3v) is 0.130. The number of nitrogens with two attached hydrogens (primary N) is 1. The second kappa shape index (κ2) is 1.84. The highest BCUT2D eigenvalue weighted by Gasteiger charge is 1.85. The van der Waals surface area contributed by atoms with E-state index in [9.17, 15) is 4.39 Å². The van der Waals surface area contributed by atoms with Crippen LogP contribution in [0.4, 0.5) is 4.39 Å². The van der Waals surface area contributed by atoms with Crippen LogP contribution in [0.25, 0.3) is 0 Å². The Morgan fingerprint density at radius 3 is 2.20 bits per heavy atom.